The molecule has 33 heavy (non-hydrogen) atoms. The number of piperidine rings is 1. The van der Waals surface area contributed by atoms with Gasteiger partial charge < -0.3 is 19.4 Å². The zero-order valence-electron chi connectivity index (χ0n) is 20.9. The van der Waals surface area contributed by atoms with E-state index in [2.05, 4.69) is 47.6 Å². The van der Waals surface area contributed by atoms with Gasteiger partial charge in [0.15, 0.2) is 0 Å². The van der Waals surface area contributed by atoms with Crippen molar-refractivity contribution in [3.8, 4) is 0 Å². The molecule has 1 aromatic carbocycles. The van der Waals surface area contributed by atoms with E-state index in [0.717, 1.165) is 42.7 Å². The number of carbonyl (C=O) groups is 1. The topological polar surface area (TPSA) is 58.9 Å². The van der Waals surface area contributed by atoms with Gasteiger partial charge >= 0.3 is 0 Å². The van der Waals surface area contributed by atoms with Gasteiger partial charge in [-0.25, -0.2) is 4.98 Å². The molecule has 0 spiro atoms. The Balaban J connectivity index is 0.00000149. The van der Waals surface area contributed by atoms with Crippen LogP contribution in [0.2, 0.25) is 0 Å². The summed E-state index contributed by atoms with van der Waals surface area (Å²) in [5.74, 6) is 0.370. The number of fused-ring (bicyclic) bond motifs is 1. The van der Waals surface area contributed by atoms with E-state index >= 15 is 0 Å². The molecule has 1 aliphatic heterocycles. The first-order chi connectivity index (χ1) is 16.0. The summed E-state index contributed by atoms with van der Waals surface area (Å²) in [6.45, 7) is 10.3. The Morgan fingerprint density at radius 3 is 2.61 bits per heavy atom. The summed E-state index contributed by atoms with van der Waals surface area (Å²) in [6.07, 6.45) is 5.76. The molecular formula is C27H38N4O2. The maximum atomic E-state index is 13.2. The molecule has 178 valence electrons. The second-order valence-corrected chi connectivity index (χ2v) is 8.63. The van der Waals surface area contributed by atoms with E-state index in [1.807, 2.05) is 49.5 Å². The van der Waals surface area contributed by atoms with Gasteiger partial charge in [0.05, 0.1) is 6.10 Å². The van der Waals surface area contributed by atoms with E-state index in [-0.39, 0.29) is 12.0 Å². The van der Waals surface area contributed by atoms with Crippen molar-refractivity contribution in [3.05, 3.63) is 70.7 Å². The molecule has 3 aromatic rings. The Morgan fingerprint density at radius 2 is 1.91 bits per heavy atom. The van der Waals surface area contributed by atoms with E-state index in [1.54, 1.807) is 7.11 Å². The number of rotatable bonds is 6. The van der Waals surface area contributed by atoms with E-state index in [0.29, 0.717) is 18.2 Å². The number of benzene rings is 1. The van der Waals surface area contributed by atoms with Crippen molar-refractivity contribution in [2.24, 2.45) is 5.92 Å². The fourth-order valence-corrected chi connectivity index (χ4v) is 4.76. The molecule has 6 heteroatoms. The summed E-state index contributed by atoms with van der Waals surface area (Å²) in [5.41, 5.74) is 6.26. The number of imidazole rings is 1. The quantitative estimate of drug-likeness (QED) is 0.604. The average Bonchev–Trinajstić information content (AvgIpc) is 3.26. The van der Waals surface area contributed by atoms with Crippen LogP contribution in [0.5, 0.6) is 0 Å². The van der Waals surface area contributed by atoms with Gasteiger partial charge in [-0.05, 0) is 61.9 Å². The Hall–Kier alpha value is -2.70. The molecule has 1 amide bonds. The zero-order chi connectivity index (χ0) is 24.0. The highest BCUT2D eigenvalue weighted by molar-refractivity contribution is 5.93. The van der Waals surface area contributed by atoms with E-state index in [4.69, 9.17) is 4.74 Å². The number of nitrogens with zero attached hydrogens (tertiary/aromatic N) is 3. The number of hydrogen-bond acceptors (Lipinski definition) is 4. The number of hydrogen-bond donors (Lipinski definition) is 1. The van der Waals surface area contributed by atoms with E-state index < -0.39 is 0 Å². The third kappa shape index (κ3) is 5.63. The Morgan fingerprint density at radius 1 is 1.18 bits per heavy atom. The van der Waals surface area contributed by atoms with Crippen molar-refractivity contribution in [2.75, 3.05) is 27.2 Å². The van der Waals surface area contributed by atoms with E-state index in [9.17, 15) is 4.79 Å². The lowest BCUT2D eigenvalue weighted by Gasteiger charge is -2.38. The van der Waals surface area contributed by atoms with Crippen LogP contribution in [-0.2, 0) is 17.7 Å². The molecule has 1 saturated heterocycles. The first-order valence-electron chi connectivity index (χ1n) is 12.0. The fraction of sp³-hybridized carbons (Fsp3) is 0.481. The smallest absolute Gasteiger partial charge is 0.274 e. The summed E-state index contributed by atoms with van der Waals surface area (Å²) in [4.78, 5) is 19.7. The number of amides is 1. The van der Waals surface area contributed by atoms with Crippen LogP contribution in [0.1, 0.15) is 53.0 Å². The van der Waals surface area contributed by atoms with Crippen LogP contribution in [0.25, 0.3) is 5.65 Å². The van der Waals surface area contributed by atoms with Crippen molar-refractivity contribution in [1.29, 1.82) is 0 Å². The van der Waals surface area contributed by atoms with Crippen LogP contribution in [0.4, 0.5) is 0 Å². The van der Waals surface area contributed by atoms with Gasteiger partial charge in [-0.2, -0.15) is 0 Å². The minimum absolute atomic E-state index is 0.0151. The van der Waals surface area contributed by atoms with Crippen LogP contribution in [0, 0.1) is 19.8 Å². The molecule has 1 fully saturated rings. The van der Waals surface area contributed by atoms with Gasteiger partial charge in [-0.1, -0.05) is 44.2 Å². The molecule has 2 aromatic heterocycles. The number of aromatic nitrogens is 2. The van der Waals surface area contributed by atoms with Crippen molar-refractivity contribution < 1.29 is 9.53 Å². The zero-order valence-corrected chi connectivity index (χ0v) is 20.9. The molecule has 1 N–H and O–H groups in total. The number of pyridine rings is 1. The third-order valence-electron chi connectivity index (χ3n) is 6.34. The lowest BCUT2D eigenvalue weighted by atomic mass is 9.86. The molecule has 0 saturated carbocycles. The van der Waals surface area contributed by atoms with Crippen molar-refractivity contribution >= 4 is 11.6 Å². The van der Waals surface area contributed by atoms with Gasteiger partial charge in [0.1, 0.15) is 11.3 Å². The monoisotopic (exact) mass is 450 g/mol. The first-order valence-corrected chi connectivity index (χ1v) is 12.0. The lowest BCUT2D eigenvalue weighted by molar-refractivity contribution is -0.00719. The van der Waals surface area contributed by atoms with E-state index in [1.165, 1.54) is 11.1 Å². The summed E-state index contributed by atoms with van der Waals surface area (Å²) >= 11 is 0. The number of methoxy groups -OCH3 is 1. The normalized spacial score (nSPS) is 18.2. The number of nitrogens with one attached hydrogen (secondary N) is 1. The maximum Gasteiger partial charge on any atom is 0.274 e. The highest BCUT2D eigenvalue weighted by Gasteiger charge is 2.33. The van der Waals surface area contributed by atoms with Gasteiger partial charge in [0, 0.05) is 39.1 Å². The summed E-state index contributed by atoms with van der Waals surface area (Å²) in [5, 5.41) is 3.25. The predicted octanol–water partition coefficient (Wildman–Crippen LogP) is 4.42. The summed E-state index contributed by atoms with van der Waals surface area (Å²) in [6, 6.07) is 10.7. The summed E-state index contributed by atoms with van der Waals surface area (Å²) in [7, 11) is 3.73. The largest absolute Gasteiger partial charge is 0.379 e. The first kappa shape index (κ1) is 24.9. The number of carbonyl (C=O) groups excluding carboxylic acids is 1. The number of ether oxygens (including phenoxy) is 1. The number of aryl methyl sites for hydroxylation is 2. The summed E-state index contributed by atoms with van der Waals surface area (Å²) < 4.78 is 7.81. The molecular weight excluding hydrogens is 412 g/mol. The molecule has 4 rings (SSSR count). The minimum atomic E-state index is -0.0168. The van der Waals surface area contributed by atoms with Crippen LogP contribution in [0.3, 0.4) is 0 Å². The van der Waals surface area contributed by atoms with Crippen LogP contribution >= 0.6 is 0 Å². The molecule has 0 aliphatic carbocycles. The predicted molar refractivity (Wildman–Crippen MR) is 134 cm³/mol. The highest BCUT2D eigenvalue weighted by atomic mass is 16.5. The molecule has 2 unspecified atom stereocenters. The SMILES string of the molecule is CC.CNCc1ccccc1CC1CCN(C(=O)c2cn3cc(C)cc(C)c3n2)CC1OC. The van der Waals surface area contributed by atoms with Crippen molar-refractivity contribution in [1.82, 2.24) is 19.6 Å². The van der Waals surface area contributed by atoms with Gasteiger partial charge in [-0.3, -0.25) is 4.79 Å². The van der Waals surface area contributed by atoms with Gasteiger partial charge in [0.2, 0.25) is 0 Å². The fourth-order valence-electron chi connectivity index (χ4n) is 4.76. The Labute approximate surface area is 198 Å². The third-order valence-corrected chi connectivity index (χ3v) is 6.34. The van der Waals surface area contributed by atoms with Crippen LogP contribution < -0.4 is 5.32 Å². The molecule has 0 radical (unpaired) electrons. The standard InChI is InChI=1S/C25H32N4O2.C2H6/c1-17-11-18(2)24-27-22(15-29(24)14-17)25(30)28-10-9-20(23(16-28)31-4)12-19-7-5-6-8-21(19)13-26-3;1-2/h5-8,11,14-15,20,23,26H,9-10,12-13,16H2,1-4H3;1-2H3. The van der Waals surface area contributed by atoms with Gasteiger partial charge in [0.25, 0.3) is 5.91 Å². The number of likely N-dealkylation sites (tertiary alicyclic amines) is 1. The second-order valence-electron chi connectivity index (χ2n) is 8.63. The minimum Gasteiger partial charge on any atom is -0.379 e. The van der Waals surface area contributed by atoms with Gasteiger partial charge in [-0.15, -0.1) is 0 Å². The molecule has 6 nitrogen and oxygen atoms in total. The van der Waals surface area contributed by atoms with Crippen molar-refractivity contribution in [3.63, 3.8) is 0 Å². The molecule has 3 heterocycles. The Bertz CT molecular complexity index is 1080. The van der Waals surface area contributed by atoms with Crippen LogP contribution in [0.15, 0.2) is 42.7 Å². The molecule has 0 bridgehead atoms. The Kier molecular flexibility index (Phi) is 8.64. The maximum absolute atomic E-state index is 13.2. The average molecular weight is 451 g/mol. The molecule has 2 atom stereocenters. The van der Waals surface area contributed by atoms with Crippen LogP contribution in [-0.4, -0.2) is 53.5 Å². The molecule has 1 aliphatic rings. The van der Waals surface area contributed by atoms with Crippen molar-refractivity contribution in [2.45, 2.75) is 53.2 Å². The second kappa shape index (κ2) is 11.4. The lowest BCUT2D eigenvalue weighted by Crippen LogP contribution is -2.48. The highest BCUT2D eigenvalue weighted by Crippen LogP contribution is 2.27.